The van der Waals surface area contributed by atoms with Gasteiger partial charge in [-0.25, -0.2) is 9.59 Å². The second-order valence-corrected chi connectivity index (χ2v) is 3.20. The highest BCUT2D eigenvalue weighted by Crippen LogP contribution is 2.16. The largest absolute Gasteiger partial charge is 0.479 e. The summed E-state index contributed by atoms with van der Waals surface area (Å²) in [4.78, 5) is 21.1. The molecule has 1 rings (SSSR count). The first kappa shape index (κ1) is 12.0. The fourth-order valence-corrected chi connectivity index (χ4v) is 1.25. The molecule has 16 heavy (non-hydrogen) atoms. The molecule has 0 bridgehead atoms. The summed E-state index contributed by atoms with van der Waals surface area (Å²) < 4.78 is 0. The monoisotopic (exact) mass is 224 g/mol. The van der Waals surface area contributed by atoms with Gasteiger partial charge in [0.1, 0.15) is 0 Å². The first-order valence-corrected chi connectivity index (χ1v) is 4.56. The number of hydrogen-bond donors (Lipinski definition) is 4. The molecule has 0 aliphatic rings. The number of carboxylic acids is 1. The number of carbonyl (C=O) groups is 2. The smallest absolute Gasteiger partial charge is 0.332 e. The molecule has 0 aliphatic carbocycles. The average molecular weight is 224 g/mol. The number of amides is 2. The SMILES string of the molecule is NC(=O)Nc1ccccc1C[C@@H](O)C(=O)O. The lowest BCUT2D eigenvalue weighted by atomic mass is 10.1. The van der Waals surface area contributed by atoms with Gasteiger partial charge < -0.3 is 21.3 Å². The van der Waals surface area contributed by atoms with Crippen molar-refractivity contribution in [1.82, 2.24) is 0 Å². The van der Waals surface area contributed by atoms with Gasteiger partial charge in [-0.3, -0.25) is 0 Å². The Bertz CT molecular complexity index is 406. The van der Waals surface area contributed by atoms with E-state index in [1.165, 1.54) is 0 Å². The molecule has 2 amide bonds. The summed E-state index contributed by atoms with van der Waals surface area (Å²) in [6, 6.07) is 5.79. The summed E-state index contributed by atoms with van der Waals surface area (Å²) in [5.74, 6) is -1.31. The minimum absolute atomic E-state index is 0.0915. The number of nitrogens with two attached hydrogens (primary N) is 1. The number of aliphatic hydroxyl groups is 1. The van der Waals surface area contributed by atoms with Gasteiger partial charge in [-0.2, -0.15) is 0 Å². The number of aliphatic carboxylic acids is 1. The molecule has 1 aromatic rings. The Morgan fingerprint density at radius 3 is 2.56 bits per heavy atom. The van der Waals surface area contributed by atoms with E-state index in [0.717, 1.165) is 0 Å². The van der Waals surface area contributed by atoms with Crippen LogP contribution in [0.1, 0.15) is 5.56 Å². The summed E-state index contributed by atoms with van der Waals surface area (Å²) in [6.07, 6.45) is -1.60. The molecule has 0 saturated heterocycles. The third kappa shape index (κ3) is 3.25. The van der Waals surface area contributed by atoms with Crippen molar-refractivity contribution in [2.75, 3.05) is 5.32 Å². The van der Waals surface area contributed by atoms with Crippen molar-refractivity contribution < 1.29 is 19.8 Å². The molecular formula is C10H12N2O4. The van der Waals surface area contributed by atoms with Gasteiger partial charge >= 0.3 is 12.0 Å². The van der Waals surface area contributed by atoms with Gasteiger partial charge in [-0.15, -0.1) is 0 Å². The van der Waals surface area contributed by atoms with Gasteiger partial charge in [0.15, 0.2) is 6.10 Å². The number of para-hydroxylation sites is 1. The molecule has 0 aliphatic heterocycles. The van der Waals surface area contributed by atoms with Crippen LogP contribution in [0.3, 0.4) is 0 Å². The van der Waals surface area contributed by atoms with E-state index in [9.17, 15) is 14.7 Å². The van der Waals surface area contributed by atoms with E-state index in [4.69, 9.17) is 10.8 Å². The van der Waals surface area contributed by atoms with E-state index >= 15 is 0 Å². The highest BCUT2D eigenvalue weighted by Gasteiger charge is 2.15. The van der Waals surface area contributed by atoms with E-state index < -0.39 is 18.1 Å². The second kappa shape index (κ2) is 5.13. The van der Waals surface area contributed by atoms with Gasteiger partial charge in [-0.1, -0.05) is 18.2 Å². The average Bonchev–Trinajstić information content (AvgIpc) is 2.20. The predicted molar refractivity (Wildman–Crippen MR) is 57.0 cm³/mol. The highest BCUT2D eigenvalue weighted by molar-refractivity contribution is 5.88. The number of aliphatic hydroxyl groups excluding tert-OH is 1. The van der Waals surface area contributed by atoms with Crippen molar-refractivity contribution in [3.05, 3.63) is 29.8 Å². The molecule has 5 N–H and O–H groups in total. The lowest BCUT2D eigenvalue weighted by Gasteiger charge is -2.11. The lowest BCUT2D eigenvalue weighted by molar-refractivity contribution is -0.146. The first-order valence-electron chi connectivity index (χ1n) is 4.56. The Morgan fingerprint density at radius 1 is 1.38 bits per heavy atom. The number of urea groups is 1. The summed E-state index contributed by atoms with van der Waals surface area (Å²) in [7, 11) is 0. The van der Waals surface area contributed by atoms with Crippen LogP contribution in [-0.4, -0.2) is 28.3 Å². The number of rotatable bonds is 4. The normalized spacial score (nSPS) is 11.8. The molecule has 0 aromatic heterocycles. The summed E-state index contributed by atoms with van der Waals surface area (Å²) in [6.45, 7) is 0. The lowest BCUT2D eigenvalue weighted by Crippen LogP contribution is -2.24. The van der Waals surface area contributed by atoms with E-state index in [-0.39, 0.29) is 6.42 Å². The standard InChI is InChI=1S/C10H12N2O4/c11-10(16)12-7-4-2-1-3-6(7)5-8(13)9(14)15/h1-4,8,13H,5H2,(H,14,15)(H3,11,12,16)/t8-/m1/s1. The fraction of sp³-hybridized carbons (Fsp3) is 0.200. The molecule has 0 spiro atoms. The van der Waals surface area contributed by atoms with Crippen LogP contribution in [-0.2, 0) is 11.2 Å². The Morgan fingerprint density at radius 2 is 2.00 bits per heavy atom. The topological polar surface area (TPSA) is 113 Å². The van der Waals surface area contributed by atoms with E-state index in [1.807, 2.05) is 0 Å². The van der Waals surface area contributed by atoms with Crippen LogP contribution in [0.25, 0.3) is 0 Å². The molecule has 1 aromatic carbocycles. The highest BCUT2D eigenvalue weighted by atomic mass is 16.4. The number of benzene rings is 1. The van der Waals surface area contributed by atoms with Crippen LogP contribution in [0.15, 0.2) is 24.3 Å². The van der Waals surface area contributed by atoms with Gasteiger partial charge in [0, 0.05) is 12.1 Å². The van der Waals surface area contributed by atoms with Gasteiger partial charge in [0.25, 0.3) is 0 Å². The molecule has 0 fully saturated rings. The van der Waals surface area contributed by atoms with E-state index in [1.54, 1.807) is 24.3 Å². The van der Waals surface area contributed by atoms with Crippen LogP contribution < -0.4 is 11.1 Å². The molecule has 0 heterocycles. The Labute approximate surface area is 91.7 Å². The van der Waals surface area contributed by atoms with Crippen molar-refractivity contribution >= 4 is 17.7 Å². The summed E-state index contributed by atoms with van der Waals surface area (Å²) in [5, 5.41) is 20.1. The van der Waals surface area contributed by atoms with Crippen LogP contribution in [0.2, 0.25) is 0 Å². The maximum absolute atomic E-state index is 10.7. The third-order valence-corrected chi connectivity index (χ3v) is 1.97. The third-order valence-electron chi connectivity index (χ3n) is 1.97. The number of nitrogens with one attached hydrogen (secondary N) is 1. The number of hydrogen-bond acceptors (Lipinski definition) is 3. The number of primary amides is 1. The van der Waals surface area contributed by atoms with Crippen molar-refractivity contribution in [3.8, 4) is 0 Å². The molecule has 0 unspecified atom stereocenters. The van der Waals surface area contributed by atoms with Gasteiger partial charge in [-0.05, 0) is 11.6 Å². The molecule has 6 heteroatoms. The number of carbonyl (C=O) groups excluding carboxylic acids is 1. The van der Waals surface area contributed by atoms with Gasteiger partial charge in [0.05, 0.1) is 0 Å². The van der Waals surface area contributed by atoms with Crippen LogP contribution in [0, 0.1) is 0 Å². The first-order chi connectivity index (χ1) is 7.50. The minimum Gasteiger partial charge on any atom is -0.479 e. The number of anilines is 1. The van der Waals surface area contributed by atoms with Gasteiger partial charge in [0.2, 0.25) is 0 Å². The maximum atomic E-state index is 10.7. The molecule has 6 nitrogen and oxygen atoms in total. The zero-order valence-corrected chi connectivity index (χ0v) is 8.38. The summed E-state index contributed by atoms with van der Waals surface area (Å²) in [5.41, 5.74) is 5.86. The quantitative estimate of drug-likeness (QED) is 0.583. The van der Waals surface area contributed by atoms with E-state index in [2.05, 4.69) is 5.32 Å². The zero-order chi connectivity index (χ0) is 12.1. The predicted octanol–water partition coefficient (Wildman–Crippen LogP) is 0.165. The Kier molecular flexibility index (Phi) is 3.84. The fourth-order valence-electron chi connectivity index (χ4n) is 1.25. The van der Waals surface area contributed by atoms with E-state index in [0.29, 0.717) is 11.3 Å². The van der Waals surface area contributed by atoms with Crippen LogP contribution >= 0.6 is 0 Å². The van der Waals surface area contributed by atoms with Crippen LogP contribution in [0.4, 0.5) is 10.5 Å². The molecule has 0 radical (unpaired) electrons. The van der Waals surface area contributed by atoms with Crippen molar-refractivity contribution in [2.24, 2.45) is 5.73 Å². The second-order valence-electron chi connectivity index (χ2n) is 3.20. The minimum atomic E-state index is -1.50. The molecule has 86 valence electrons. The van der Waals surface area contributed by atoms with Crippen molar-refractivity contribution in [2.45, 2.75) is 12.5 Å². The number of carboxylic acid groups (broad SMARTS) is 1. The van der Waals surface area contributed by atoms with Crippen LogP contribution in [0.5, 0.6) is 0 Å². The summed E-state index contributed by atoms with van der Waals surface area (Å²) >= 11 is 0. The molecule has 0 saturated carbocycles. The molecule has 1 atom stereocenters. The zero-order valence-electron chi connectivity index (χ0n) is 8.38. The molecular weight excluding hydrogens is 212 g/mol. The Balaban J connectivity index is 2.86. The van der Waals surface area contributed by atoms with Crippen molar-refractivity contribution in [3.63, 3.8) is 0 Å². The Hall–Kier alpha value is -2.08. The maximum Gasteiger partial charge on any atom is 0.332 e. The van der Waals surface area contributed by atoms with Crippen molar-refractivity contribution in [1.29, 1.82) is 0 Å².